The molecule has 0 aliphatic carbocycles. The summed E-state index contributed by atoms with van der Waals surface area (Å²) in [6.07, 6.45) is 1.36. The van der Waals surface area contributed by atoms with Gasteiger partial charge in [-0.1, -0.05) is 17.3 Å². The number of benzene rings is 1. The van der Waals surface area contributed by atoms with Gasteiger partial charge in [-0.2, -0.15) is 5.10 Å². The zero-order valence-electron chi connectivity index (χ0n) is 11.3. The molecule has 2 aromatic rings. The van der Waals surface area contributed by atoms with Crippen LogP contribution in [0, 0.1) is 5.82 Å². The molecule has 0 bridgehead atoms. The predicted molar refractivity (Wildman–Crippen MR) is 74.3 cm³/mol. The lowest BCUT2D eigenvalue weighted by Crippen LogP contribution is -2.28. The minimum absolute atomic E-state index is 0.311. The Labute approximate surface area is 120 Å². The van der Waals surface area contributed by atoms with E-state index in [1.807, 2.05) is 0 Å². The van der Waals surface area contributed by atoms with Crippen molar-refractivity contribution in [3.63, 3.8) is 0 Å². The van der Waals surface area contributed by atoms with Gasteiger partial charge in [0.1, 0.15) is 5.82 Å². The van der Waals surface area contributed by atoms with Crippen molar-refractivity contribution in [3.8, 4) is 0 Å². The average Bonchev–Trinajstić information content (AvgIpc) is 3.09. The highest BCUT2D eigenvalue weighted by Gasteiger charge is 2.29. The Hall–Kier alpha value is -2.70. The van der Waals surface area contributed by atoms with E-state index in [2.05, 4.69) is 15.6 Å². The molecule has 3 rings (SSSR count). The number of amides is 1. The molecule has 1 aliphatic heterocycles. The lowest BCUT2D eigenvalue weighted by atomic mass is 10.0. The number of nitrogens with one attached hydrogen (secondary N) is 1. The van der Waals surface area contributed by atoms with E-state index in [-0.39, 0.29) is 11.7 Å². The number of anilines is 1. The minimum atomic E-state index is -0.702. The predicted octanol–water partition coefficient (Wildman–Crippen LogP) is 1.69. The molecule has 6 nitrogen and oxygen atoms in total. The standard InChI is InChI=1S/C14H13FN4O2/c1-19-7-6-13(17-19)16-14(20)12-8-11(18-21-12)9-2-4-10(15)5-3-9/h2-7,12H,8H2,1H3,(H,16,17,20)/t12-/m1/s1. The number of aromatic nitrogens is 2. The van der Waals surface area contributed by atoms with Crippen molar-refractivity contribution >= 4 is 17.4 Å². The normalized spacial score (nSPS) is 17.2. The largest absolute Gasteiger partial charge is 0.382 e. The molecule has 0 unspecified atom stereocenters. The molecule has 108 valence electrons. The summed E-state index contributed by atoms with van der Waals surface area (Å²) in [6.45, 7) is 0. The van der Waals surface area contributed by atoms with Crippen molar-refractivity contribution < 1.29 is 14.0 Å². The van der Waals surface area contributed by atoms with Crippen LogP contribution in [0.25, 0.3) is 0 Å². The molecule has 0 saturated carbocycles. The van der Waals surface area contributed by atoms with Crippen LogP contribution in [0.1, 0.15) is 12.0 Å². The molecule has 0 spiro atoms. The summed E-state index contributed by atoms with van der Waals surface area (Å²) >= 11 is 0. The van der Waals surface area contributed by atoms with E-state index >= 15 is 0 Å². The Morgan fingerprint density at radius 2 is 2.14 bits per heavy atom. The highest BCUT2D eigenvalue weighted by molar-refractivity contribution is 6.05. The molecular weight excluding hydrogens is 275 g/mol. The summed E-state index contributed by atoms with van der Waals surface area (Å²) < 4.78 is 14.5. The highest BCUT2D eigenvalue weighted by Crippen LogP contribution is 2.18. The topological polar surface area (TPSA) is 68.5 Å². The van der Waals surface area contributed by atoms with Crippen molar-refractivity contribution in [1.82, 2.24) is 9.78 Å². The first kappa shape index (κ1) is 13.3. The fourth-order valence-corrected chi connectivity index (χ4v) is 2.02. The lowest BCUT2D eigenvalue weighted by molar-refractivity contribution is -0.125. The molecular formula is C14H13FN4O2. The molecule has 21 heavy (non-hydrogen) atoms. The zero-order chi connectivity index (χ0) is 14.8. The monoisotopic (exact) mass is 288 g/mol. The average molecular weight is 288 g/mol. The zero-order valence-corrected chi connectivity index (χ0v) is 11.3. The van der Waals surface area contributed by atoms with Gasteiger partial charge >= 0.3 is 0 Å². The maximum Gasteiger partial charge on any atom is 0.269 e. The molecule has 1 aromatic heterocycles. The van der Waals surface area contributed by atoms with Gasteiger partial charge in [-0.25, -0.2) is 4.39 Å². The van der Waals surface area contributed by atoms with Crippen LogP contribution in [0.15, 0.2) is 41.7 Å². The Balaban J connectivity index is 1.63. The van der Waals surface area contributed by atoms with Crippen molar-refractivity contribution in [3.05, 3.63) is 47.9 Å². The van der Waals surface area contributed by atoms with E-state index in [0.717, 1.165) is 5.56 Å². The van der Waals surface area contributed by atoms with Crippen LogP contribution < -0.4 is 5.32 Å². The molecule has 1 aliphatic rings. The molecule has 1 amide bonds. The van der Waals surface area contributed by atoms with Crippen LogP contribution in [0.5, 0.6) is 0 Å². The van der Waals surface area contributed by atoms with Crippen molar-refractivity contribution in [2.45, 2.75) is 12.5 Å². The van der Waals surface area contributed by atoms with Crippen LogP contribution in [0.4, 0.5) is 10.2 Å². The maximum absolute atomic E-state index is 12.9. The van der Waals surface area contributed by atoms with E-state index in [4.69, 9.17) is 4.84 Å². The fourth-order valence-electron chi connectivity index (χ4n) is 2.02. The van der Waals surface area contributed by atoms with Crippen molar-refractivity contribution in [2.75, 3.05) is 5.32 Å². The molecule has 1 atom stereocenters. The number of rotatable bonds is 3. The molecule has 1 aromatic carbocycles. The van der Waals surface area contributed by atoms with Gasteiger partial charge in [0.2, 0.25) is 6.10 Å². The Morgan fingerprint density at radius 1 is 1.38 bits per heavy atom. The van der Waals surface area contributed by atoms with Crippen molar-refractivity contribution in [2.24, 2.45) is 12.2 Å². The first-order valence-electron chi connectivity index (χ1n) is 6.41. The second-order valence-corrected chi connectivity index (χ2v) is 4.71. The van der Waals surface area contributed by atoms with Gasteiger partial charge in [-0.05, 0) is 17.7 Å². The number of oxime groups is 1. The number of hydrogen-bond acceptors (Lipinski definition) is 4. The third-order valence-corrected chi connectivity index (χ3v) is 3.10. The number of nitrogens with zero attached hydrogens (tertiary/aromatic N) is 3. The third kappa shape index (κ3) is 2.91. The lowest BCUT2D eigenvalue weighted by Gasteiger charge is -2.07. The Bertz CT molecular complexity index is 693. The van der Waals surface area contributed by atoms with E-state index in [0.29, 0.717) is 18.0 Å². The number of hydrogen-bond donors (Lipinski definition) is 1. The summed E-state index contributed by atoms with van der Waals surface area (Å²) in [5, 5.41) is 10.6. The molecule has 0 radical (unpaired) electrons. The smallest absolute Gasteiger partial charge is 0.269 e. The van der Waals surface area contributed by atoms with Gasteiger partial charge in [0.15, 0.2) is 5.82 Å². The fraction of sp³-hybridized carbons (Fsp3) is 0.214. The van der Waals surface area contributed by atoms with Gasteiger partial charge < -0.3 is 10.2 Å². The summed E-state index contributed by atoms with van der Waals surface area (Å²) in [6, 6.07) is 7.60. The number of aryl methyl sites for hydroxylation is 1. The first-order chi connectivity index (χ1) is 10.1. The van der Waals surface area contributed by atoms with Gasteiger partial charge in [0, 0.05) is 25.7 Å². The van der Waals surface area contributed by atoms with E-state index < -0.39 is 6.10 Å². The summed E-state index contributed by atoms with van der Waals surface area (Å²) in [5.74, 6) is -0.168. The van der Waals surface area contributed by atoms with E-state index in [1.54, 1.807) is 36.1 Å². The van der Waals surface area contributed by atoms with Crippen LogP contribution in [-0.2, 0) is 16.7 Å². The van der Waals surface area contributed by atoms with Crippen molar-refractivity contribution in [1.29, 1.82) is 0 Å². The van der Waals surface area contributed by atoms with Crippen LogP contribution in [0.2, 0.25) is 0 Å². The summed E-state index contributed by atoms with van der Waals surface area (Å²) in [5.41, 5.74) is 1.36. The molecule has 0 fully saturated rings. The SMILES string of the molecule is Cn1ccc(NC(=O)[C@H]2CC(c3ccc(F)cc3)=NO2)n1. The third-order valence-electron chi connectivity index (χ3n) is 3.10. The minimum Gasteiger partial charge on any atom is -0.382 e. The molecule has 7 heteroatoms. The molecule has 0 saturated heterocycles. The van der Waals surface area contributed by atoms with Gasteiger partial charge in [-0.3, -0.25) is 9.48 Å². The van der Waals surface area contributed by atoms with Gasteiger partial charge in [0.25, 0.3) is 5.91 Å². The van der Waals surface area contributed by atoms with Gasteiger partial charge in [0.05, 0.1) is 5.71 Å². The highest BCUT2D eigenvalue weighted by atomic mass is 19.1. The van der Waals surface area contributed by atoms with Crippen LogP contribution in [-0.4, -0.2) is 27.5 Å². The second-order valence-electron chi connectivity index (χ2n) is 4.71. The van der Waals surface area contributed by atoms with Gasteiger partial charge in [-0.15, -0.1) is 0 Å². The van der Waals surface area contributed by atoms with Crippen LogP contribution in [0.3, 0.4) is 0 Å². The number of halogens is 1. The maximum atomic E-state index is 12.9. The summed E-state index contributed by atoms with van der Waals surface area (Å²) in [4.78, 5) is 17.2. The quantitative estimate of drug-likeness (QED) is 0.934. The first-order valence-corrected chi connectivity index (χ1v) is 6.41. The second kappa shape index (κ2) is 5.35. The summed E-state index contributed by atoms with van der Waals surface area (Å²) in [7, 11) is 1.76. The Kier molecular flexibility index (Phi) is 3.39. The number of carbonyl (C=O) groups excluding carboxylic acids is 1. The van der Waals surface area contributed by atoms with Crippen LogP contribution >= 0.6 is 0 Å². The Morgan fingerprint density at radius 3 is 2.81 bits per heavy atom. The number of carbonyl (C=O) groups is 1. The molecule has 2 heterocycles. The van der Waals surface area contributed by atoms with E-state index in [9.17, 15) is 9.18 Å². The van der Waals surface area contributed by atoms with E-state index in [1.165, 1.54) is 12.1 Å². The molecule has 1 N–H and O–H groups in total.